The summed E-state index contributed by atoms with van der Waals surface area (Å²) in [6, 6.07) is 13.1. The molecule has 2 atom stereocenters. The third-order valence-electron chi connectivity index (χ3n) is 5.26. The van der Waals surface area contributed by atoms with Crippen LogP contribution in [0.4, 0.5) is 0 Å². The quantitative estimate of drug-likeness (QED) is 0.499. The zero-order chi connectivity index (χ0) is 23.1. The van der Waals surface area contributed by atoms with Crippen LogP contribution < -0.4 is 20.7 Å². The lowest BCUT2D eigenvalue weighted by atomic mass is 9.98. The molecule has 1 saturated heterocycles. The maximum atomic E-state index is 12.5. The highest BCUT2D eigenvalue weighted by Gasteiger charge is 2.29. The Morgan fingerprint density at radius 1 is 1.19 bits per heavy atom. The Morgan fingerprint density at radius 2 is 1.94 bits per heavy atom. The summed E-state index contributed by atoms with van der Waals surface area (Å²) in [7, 11) is 1.63. The topological polar surface area (TPSA) is 88.7 Å². The second kappa shape index (κ2) is 11.3. The van der Waals surface area contributed by atoms with E-state index < -0.39 is 6.17 Å². The fourth-order valence-electron chi connectivity index (χ4n) is 3.45. The van der Waals surface area contributed by atoms with E-state index in [0.29, 0.717) is 31.2 Å². The van der Waals surface area contributed by atoms with Gasteiger partial charge in [0.2, 0.25) is 11.8 Å². The van der Waals surface area contributed by atoms with Crippen LogP contribution in [0.25, 0.3) is 0 Å². The molecule has 0 radical (unpaired) electrons. The van der Waals surface area contributed by atoms with Gasteiger partial charge >= 0.3 is 0 Å². The Hall–Kier alpha value is -2.61. The van der Waals surface area contributed by atoms with E-state index in [9.17, 15) is 9.59 Å². The van der Waals surface area contributed by atoms with Gasteiger partial charge in [0, 0.05) is 42.6 Å². The number of carbonyl (C=O) groups is 2. The van der Waals surface area contributed by atoms with E-state index in [1.807, 2.05) is 50.2 Å². The van der Waals surface area contributed by atoms with Crippen molar-refractivity contribution < 1.29 is 19.1 Å². The molecule has 0 saturated carbocycles. The highest BCUT2D eigenvalue weighted by atomic mass is 35.5. The van der Waals surface area contributed by atoms with Gasteiger partial charge in [-0.05, 0) is 35.4 Å². The summed E-state index contributed by atoms with van der Waals surface area (Å²) in [4.78, 5) is 24.4. The molecular weight excluding hydrogens is 430 g/mol. The summed E-state index contributed by atoms with van der Waals surface area (Å²) >= 11 is 6.46. The minimum absolute atomic E-state index is 0.0136. The minimum atomic E-state index is -0.438. The van der Waals surface area contributed by atoms with Gasteiger partial charge in [0.15, 0.2) is 0 Å². The molecule has 1 aliphatic rings. The van der Waals surface area contributed by atoms with Crippen LogP contribution in [0.2, 0.25) is 5.02 Å². The zero-order valence-electron chi connectivity index (χ0n) is 18.6. The van der Waals surface area contributed by atoms with Gasteiger partial charge in [-0.15, -0.1) is 0 Å². The molecule has 3 N–H and O–H groups in total. The molecule has 2 amide bonds. The molecule has 2 aromatic rings. The fourth-order valence-corrected chi connectivity index (χ4v) is 3.67. The number of nitrogens with one attached hydrogen (secondary N) is 3. The fraction of sp³-hybridized carbons (Fsp3) is 0.417. The van der Waals surface area contributed by atoms with Crippen molar-refractivity contribution in [1.82, 2.24) is 16.0 Å². The lowest BCUT2D eigenvalue weighted by molar-refractivity contribution is -0.125. The molecule has 1 aliphatic heterocycles. The van der Waals surface area contributed by atoms with Crippen molar-refractivity contribution >= 4 is 23.4 Å². The van der Waals surface area contributed by atoms with Crippen LogP contribution in [0.3, 0.4) is 0 Å². The van der Waals surface area contributed by atoms with Gasteiger partial charge in [-0.2, -0.15) is 0 Å². The molecule has 3 rings (SSSR count). The molecule has 7 nitrogen and oxygen atoms in total. The summed E-state index contributed by atoms with van der Waals surface area (Å²) in [6.07, 6.45) is -0.116. The number of rotatable bonds is 9. The number of benzene rings is 2. The van der Waals surface area contributed by atoms with Gasteiger partial charge in [0.1, 0.15) is 18.5 Å². The van der Waals surface area contributed by atoms with E-state index in [4.69, 9.17) is 21.1 Å². The van der Waals surface area contributed by atoms with Crippen LogP contribution in [0.1, 0.15) is 49.2 Å². The number of carbonyl (C=O) groups excluding carboxylic acids is 2. The lowest BCUT2D eigenvalue weighted by Gasteiger charge is -2.33. The highest BCUT2D eigenvalue weighted by molar-refractivity contribution is 6.31. The first kappa shape index (κ1) is 24.0. The molecule has 0 aromatic heterocycles. The zero-order valence-corrected chi connectivity index (χ0v) is 19.4. The molecule has 1 fully saturated rings. The minimum Gasteiger partial charge on any atom is -0.491 e. The monoisotopic (exact) mass is 459 g/mol. The Bertz CT molecular complexity index is 933. The van der Waals surface area contributed by atoms with Gasteiger partial charge in [-0.25, -0.2) is 0 Å². The van der Waals surface area contributed by atoms with Crippen molar-refractivity contribution in [1.29, 1.82) is 0 Å². The number of methoxy groups -OCH3 is 1. The third-order valence-corrected chi connectivity index (χ3v) is 5.61. The van der Waals surface area contributed by atoms with Gasteiger partial charge in [0.25, 0.3) is 0 Å². The molecule has 0 spiro atoms. The second-order valence-electron chi connectivity index (χ2n) is 8.06. The Kier molecular flexibility index (Phi) is 8.50. The molecule has 32 heavy (non-hydrogen) atoms. The van der Waals surface area contributed by atoms with E-state index in [1.54, 1.807) is 13.2 Å². The van der Waals surface area contributed by atoms with Gasteiger partial charge < -0.3 is 20.1 Å². The van der Waals surface area contributed by atoms with Crippen molar-refractivity contribution in [2.24, 2.45) is 5.92 Å². The van der Waals surface area contributed by atoms with Crippen LogP contribution in [-0.4, -0.2) is 32.1 Å². The van der Waals surface area contributed by atoms with Crippen molar-refractivity contribution in [3.63, 3.8) is 0 Å². The first-order valence-corrected chi connectivity index (χ1v) is 11.1. The normalized spacial score (nSPS) is 18.3. The molecule has 0 bridgehead atoms. The van der Waals surface area contributed by atoms with Crippen molar-refractivity contribution in [2.75, 3.05) is 20.3 Å². The van der Waals surface area contributed by atoms with Crippen LogP contribution in [0.5, 0.6) is 5.75 Å². The second-order valence-corrected chi connectivity index (χ2v) is 8.47. The summed E-state index contributed by atoms with van der Waals surface area (Å²) in [5.41, 5.74) is 2.66. The largest absolute Gasteiger partial charge is 0.491 e. The standard InChI is InChI=1S/C24H30ClN3O4/c1-15(2)24(30)26-14-16-4-9-20(25)19(12-16)23-27-21(13-22(29)28-23)17-5-7-18(8-6-17)32-11-10-31-3/h4-9,12,15,21,23,27H,10-11,13-14H2,1-3H3,(H,26,30)(H,28,29). The first-order chi connectivity index (χ1) is 15.4. The highest BCUT2D eigenvalue weighted by Crippen LogP contribution is 2.30. The van der Waals surface area contributed by atoms with E-state index in [1.165, 1.54) is 0 Å². The predicted octanol–water partition coefficient (Wildman–Crippen LogP) is 3.49. The molecule has 2 unspecified atom stereocenters. The molecule has 172 valence electrons. The molecule has 2 aromatic carbocycles. The molecule has 0 aliphatic carbocycles. The number of halogens is 1. The molecule has 8 heteroatoms. The van der Waals surface area contributed by atoms with Gasteiger partial charge in [-0.1, -0.05) is 43.6 Å². The van der Waals surface area contributed by atoms with Crippen LogP contribution >= 0.6 is 11.6 Å². The number of hydrogen-bond acceptors (Lipinski definition) is 5. The van der Waals surface area contributed by atoms with Crippen molar-refractivity contribution in [2.45, 2.75) is 39.0 Å². The molecule has 1 heterocycles. The van der Waals surface area contributed by atoms with Gasteiger partial charge in [0.05, 0.1) is 6.61 Å². The first-order valence-electron chi connectivity index (χ1n) is 10.7. The summed E-state index contributed by atoms with van der Waals surface area (Å²) in [5.74, 6) is 0.592. The Balaban J connectivity index is 1.71. The van der Waals surface area contributed by atoms with E-state index in [-0.39, 0.29) is 23.8 Å². The average molecular weight is 460 g/mol. The van der Waals surface area contributed by atoms with E-state index in [2.05, 4.69) is 16.0 Å². The SMILES string of the molecule is COCCOc1ccc(C2CC(=O)NC(c3cc(CNC(=O)C(C)C)ccc3Cl)N2)cc1. The van der Waals surface area contributed by atoms with Crippen LogP contribution in [0, 0.1) is 5.92 Å². The van der Waals surface area contributed by atoms with E-state index >= 15 is 0 Å². The Labute approximate surface area is 193 Å². The van der Waals surface area contributed by atoms with Crippen LogP contribution in [-0.2, 0) is 20.9 Å². The summed E-state index contributed by atoms with van der Waals surface area (Å²) in [6.45, 7) is 5.10. The van der Waals surface area contributed by atoms with Crippen molar-refractivity contribution in [3.8, 4) is 5.75 Å². The van der Waals surface area contributed by atoms with E-state index in [0.717, 1.165) is 22.4 Å². The number of amides is 2. The maximum absolute atomic E-state index is 12.5. The van der Waals surface area contributed by atoms with Crippen molar-refractivity contribution in [3.05, 3.63) is 64.2 Å². The van der Waals surface area contributed by atoms with Gasteiger partial charge in [-0.3, -0.25) is 14.9 Å². The predicted molar refractivity (Wildman–Crippen MR) is 123 cm³/mol. The lowest BCUT2D eigenvalue weighted by Crippen LogP contribution is -2.46. The summed E-state index contributed by atoms with van der Waals surface area (Å²) in [5, 5.41) is 9.89. The number of hydrogen-bond donors (Lipinski definition) is 3. The maximum Gasteiger partial charge on any atom is 0.223 e. The van der Waals surface area contributed by atoms with Crippen LogP contribution in [0.15, 0.2) is 42.5 Å². The number of ether oxygens (including phenoxy) is 2. The molecular formula is C24H30ClN3O4. The third kappa shape index (κ3) is 6.45. The smallest absolute Gasteiger partial charge is 0.223 e. The Morgan fingerprint density at radius 3 is 2.62 bits per heavy atom. The summed E-state index contributed by atoms with van der Waals surface area (Å²) < 4.78 is 10.6. The average Bonchev–Trinajstić information content (AvgIpc) is 2.78.